The Morgan fingerprint density at radius 3 is 2.66 bits per heavy atom. The van der Waals surface area contributed by atoms with Crippen LogP contribution in [0.2, 0.25) is 0 Å². The minimum atomic E-state index is -2.52. The van der Waals surface area contributed by atoms with Crippen molar-refractivity contribution in [3.8, 4) is 5.69 Å². The first kappa shape index (κ1) is 23.0. The van der Waals surface area contributed by atoms with Crippen LogP contribution in [-0.2, 0) is 24.9 Å². The second-order valence-corrected chi connectivity index (χ2v) is 6.98. The van der Waals surface area contributed by atoms with E-state index < -0.39 is 13.0 Å². The minimum Gasteiger partial charge on any atom is -0.475 e. The standard InChI is InChI=1S/C20H24F2N8O2/c1-5-19(25-24-14(3)16-9-10-23-29(16)11-18(21)22)32-12-15-13(2)7-6-8-17(15)30-20(31)28(4)26-27-30/h6-10,18H,5,11-12H2,1-4H3/b24-14+,25-19+. The molecule has 10 nitrogen and oxygen atoms in total. The Labute approximate surface area is 182 Å². The summed E-state index contributed by atoms with van der Waals surface area (Å²) >= 11 is 0. The molecule has 0 aliphatic heterocycles. The lowest BCUT2D eigenvalue weighted by Gasteiger charge is -2.13. The fourth-order valence-corrected chi connectivity index (χ4v) is 2.99. The third kappa shape index (κ3) is 5.13. The number of halogens is 2. The number of aryl methyl sites for hydroxylation is 2. The number of benzene rings is 1. The van der Waals surface area contributed by atoms with Gasteiger partial charge in [0.15, 0.2) is 0 Å². The van der Waals surface area contributed by atoms with E-state index in [2.05, 4.69) is 25.7 Å². The topological polar surface area (TPSA) is 104 Å². The van der Waals surface area contributed by atoms with E-state index in [0.717, 1.165) is 15.8 Å². The molecule has 0 fully saturated rings. The normalized spacial score (nSPS) is 12.6. The number of rotatable bonds is 8. The summed E-state index contributed by atoms with van der Waals surface area (Å²) in [6, 6.07) is 7.08. The average Bonchev–Trinajstić information content (AvgIpc) is 3.35. The molecule has 0 atom stereocenters. The second kappa shape index (κ2) is 10.1. The first-order valence-corrected chi connectivity index (χ1v) is 9.94. The molecular formula is C20H24F2N8O2. The van der Waals surface area contributed by atoms with Crippen molar-refractivity contribution in [2.24, 2.45) is 17.3 Å². The van der Waals surface area contributed by atoms with Crippen LogP contribution in [0.5, 0.6) is 0 Å². The molecule has 3 aromatic rings. The highest BCUT2D eigenvalue weighted by Gasteiger charge is 2.14. The van der Waals surface area contributed by atoms with E-state index >= 15 is 0 Å². The third-order valence-electron chi connectivity index (χ3n) is 4.73. The van der Waals surface area contributed by atoms with Gasteiger partial charge in [-0.15, -0.1) is 5.10 Å². The number of aromatic nitrogens is 6. The summed E-state index contributed by atoms with van der Waals surface area (Å²) in [6.45, 7) is 5.04. The maximum Gasteiger partial charge on any atom is 0.368 e. The van der Waals surface area contributed by atoms with Crippen molar-refractivity contribution in [2.45, 2.75) is 46.8 Å². The molecular weight excluding hydrogens is 422 g/mol. The summed E-state index contributed by atoms with van der Waals surface area (Å²) in [6.07, 6.45) is -0.629. The van der Waals surface area contributed by atoms with Crippen molar-refractivity contribution >= 4 is 11.6 Å². The van der Waals surface area contributed by atoms with Gasteiger partial charge in [-0.25, -0.2) is 13.6 Å². The summed E-state index contributed by atoms with van der Waals surface area (Å²) in [5, 5.41) is 19.8. The Morgan fingerprint density at radius 2 is 2.00 bits per heavy atom. The summed E-state index contributed by atoms with van der Waals surface area (Å²) in [5.74, 6) is 0.352. The molecule has 2 aromatic heterocycles. The zero-order chi connectivity index (χ0) is 23.3. The van der Waals surface area contributed by atoms with E-state index in [1.165, 1.54) is 22.6 Å². The number of hydrogen-bond donors (Lipinski definition) is 0. The van der Waals surface area contributed by atoms with E-state index in [4.69, 9.17) is 4.74 Å². The lowest BCUT2D eigenvalue weighted by atomic mass is 10.1. The fraction of sp³-hybridized carbons (Fsp3) is 0.400. The van der Waals surface area contributed by atoms with Gasteiger partial charge in [0.05, 0.1) is 17.1 Å². The summed E-state index contributed by atoms with van der Waals surface area (Å²) in [5.41, 5.74) is 2.74. The highest BCUT2D eigenvalue weighted by molar-refractivity contribution is 5.97. The van der Waals surface area contributed by atoms with Gasteiger partial charge in [0.1, 0.15) is 13.2 Å². The molecule has 1 aromatic carbocycles. The quantitative estimate of drug-likeness (QED) is 0.300. The van der Waals surface area contributed by atoms with E-state index in [1.807, 2.05) is 26.0 Å². The summed E-state index contributed by atoms with van der Waals surface area (Å²) in [7, 11) is 1.52. The maximum atomic E-state index is 12.7. The Hall–Kier alpha value is -3.70. The molecule has 0 saturated carbocycles. The van der Waals surface area contributed by atoms with Crippen LogP contribution >= 0.6 is 0 Å². The average molecular weight is 446 g/mol. The molecule has 0 saturated heterocycles. The Kier molecular flexibility index (Phi) is 7.23. The number of nitrogens with zero attached hydrogens (tertiary/aromatic N) is 8. The molecule has 0 radical (unpaired) electrons. The number of alkyl halides is 2. The fourth-order valence-electron chi connectivity index (χ4n) is 2.99. The van der Waals surface area contributed by atoms with Crippen molar-refractivity contribution < 1.29 is 13.5 Å². The Balaban J connectivity index is 1.81. The largest absolute Gasteiger partial charge is 0.475 e. The van der Waals surface area contributed by atoms with Crippen molar-refractivity contribution in [1.82, 2.24) is 29.6 Å². The number of hydrogen-bond acceptors (Lipinski definition) is 7. The van der Waals surface area contributed by atoms with Gasteiger partial charge in [-0.05, 0) is 42.0 Å². The molecule has 0 bridgehead atoms. The molecule has 0 unspecified atom stereocenters. The van der Waals surface area contributed by atoms with E-state index in [1.54, 1.807) is 19.1 Å². The maximum absolute atomic E-state index is 12.7. The number of tetrazole rings is 1. The van der Waals surface area contributed by atoms with Crippen molar-refractivity contribution in [2.75, 3.05) is 0 Å². The predicted octanol–water partition coefficient (Wildman–Crippen LogP) is 2.49. The van der Waals surface area contributed by atoms with E-state index in [0.29, 0.717) is 29.4 Å². The van der Waals surface area contributed by atoms with Crippen molar-refractivity contribution in [3.05, 3.63) is 57.8 Å². The minimum absolute atomic E-state index is 0.135. The molecule has 0 aliphatic rings. The SMILES string of the molecule is CC/C(=N\N=C(/C)c1ccnn1CC(F)F)OCc1c(C)cccc1-n1nnn(C)c1=O. The van der Waals surface area contributed by atoms with Crippen LogP contribution in [0.25, 0.3) is 5.69 Å². The molecule has 0 N–H and O–H groups in total. The van der Waals surface area contributed by atoms with Gasteiger partial charge in [-0.1, -0.05) is 19.1 Å². The first-order valence-electron chi connectivity index (χ1n) is 9.94. The summed E-state index contributed by atoms with van der Waals surface area (Å²) < 4.78 is 34.8. The molecule has 0 spiro atoms. The lowest BCUT2D eigenvalue weighted by molar-refractivity contribution is 0.121. The van der Waals surface area contributed by atoms with Crippen LogP contribution in [0.15, 0.2) is 45.5 Å². The van der Waals surface area contributed by atoms with Gasteiger partial charge in [0.2, 0.25) is 5.90 Å². The van der Waals surface area contributed by atoms with Gasteiger partial charge in [0, 0.05) is 25.2 Å². The molecule has 0 aliphatic carbocycles. The zero-order valence-electron chi connectivity index (χ0n) is 18.2. The van der Waals surface area contributed by atoms with Crippen molar-refractivity contribution in [3.63, 3.8) is 0 Å². The van der Waals surface area contributed by atoms with Gasteiger partial charge in [0.25, 0.3) is 6.43 Å². The van der Waals surface area contributed by atoms with E-state index in [9.17, 15) is 13.6 Å². The van der Waals surface area contributed by atoms with Crippen molar-refractivity contribution in [1.29, 1.82) is 0 Å². The lowest BCUT2D eigenvalue weighted by Crippen LogP contribution is -2.23. The Morgan fingerprint density at radius 1 is 1.22 bits per heavy atom. The van der Waals surface area contributed by atoms with Gasteiger partial charge in [-0.3, -0.25) is 4.68 Å². The monoisotopic (exact) mass is 446 g/mol. The Bertz CT molecular complexity index is 1190. The van der Waals surface area contributed by atoms with Crippen LogP contribution in [0.1, 0.15) is 37.1 Å². The highest BCUT2D eigenvalue weighted by atomic mass is 19.3. The summed E-state index contributed by atoms with van der Waals surface area (Å²) in [4.78, 5) is 12.3. The van der Waals surface area contributed by atoms with Crippen LogP contribution in [0.3, 0.4) is 0 Å². The second-order valence-electron chi connectivity index (χ2n) is 6.98. The molecule has 2 heterocycles. The van der Waals surface area contributed by atoms with Gasteiger partial charge in [-0.2, -0.15) is 19.6 Å². The van der Waals surface area contributed by atoms with Crippen LogP contribution in [-0.4, -0.2) is 47.6 Å². The van der Waals surface area contributed by atoms with Crippen LogP contribution in [0.4, 0.5) is 8.78 Å². The van der Waals surface area contributed by atoms with Gasteiger partial charge >= 0.3 is 5.69 Å². The number of ether oxygens (including phenoxy) is 1. The smallest absolute Gasteiger partial charge is 0.368 e. The third-order valence-corrected chi connectivity index (χ3v) is 4.73. The highest BCUT2D eigenvalue weighted by Crippen LogP contribution is 2.18. The molecule has 32 heavy (non-hydrogen) atoms. The predicted molar refractivity (Wildman–Crippen MR) is 114 cm³/mol. The first-order chi connectivity index (χ1) is 15.3. The van der Waals surface area contributed by atoms with E-state index in [-0.39, 0.29) is 12.3 Å². The zero-order valence-corrected chi connectivity index (χ0v) is 18.2. The molecule has 0 amide bonds. The molecule has 170 valence electrons. The van der Waals surface area contributed by atoms with Crippen LogP contribution < -0.4 is 5.69 Å². The molecule has 3 rings (SSSR count). The van der Waals surface area contributed by atoms with Gasteiger partial charge < -0.3 is 4.74 Å². The molecule has 12 heteroatoms. The van der Waals surface area contributed by atoms with Crippen LogP contribution in [0, 0.1) is 6.92 Å².